The summed E-state index contributed by atoms with van der Waals surface area (Å²) < 4.78 is 1.86. The molecule has 0 bridgehead atoms. The SMILES string of the molecule is O=C(CSc1nc2ccc(N=Cc3c(Cl)cccc3Cl)cc2s1)c1ccc(-c2ccccc2)cc1. The molecule has 7 heteroatoms. The molecule has 0 fully saturated rings. The molecule has 0 atom stereocenters. The third kappa shape index (κ3) is 5.65. The van der Waals surface area contributed by atoms with Crippen LogP contribution in [0.25, 0.3) is 21.3 Å². The minimum absolute atomic E-state index is 0.0794. The Hall–Kier alpha value is -2.96. The Bertz CT molecular complexity index is 1510. The maximum Gasteiger partial charge on any atom is 0.173 e. The number of carbonyl (C=O) groups is 1. The average molecular weight is 534 g/mol. The molecule has 0 saturated heterocycles. The fourth-order valence-corrected chi connectivity index (χ4v) is 5.99. The number of halogens is 2. The predicted molar refractivity (Wildman–Crippen MR) is 150 cm³/mol. The molecule has 0 aliphatic rings. The van der Waals surface area contributed by atoms with Crippen LogP contribution in [0.3, 0.4) is 0 Å². The van der Waals surface area contributed by atoms with Gasteiger partial charge in [0.1, 0.15) is 0 Å². The Kier molecular flexibility index (Phi) is 7.30. The molecular weight excluding hydrogens is 515 g/mol. The maximum absolute atomic E-state index is 12.7. The number of Topliss-reactive ketones (excluding diaryl/α,β-unsaturated/α-hetero) is 1. The number of thioether (sulfide) groups is 1. The van der Waals surface area contributed by atoms with Gasteiger partial charge in [0.15, 0.2) is 10.1 Å². The van der Waals surface area contributed by atoms with Gasteiger partial charge in [-0.2, -0.15) is 0 Å². The molecule has 35 heavy (non-hydrogen) atoms. The summed E-state index contributed by atoms with van der Waals surface area (Å²) >= 11 is 15.4. The lowest BCUT2D eigenvalue weighted by Gasteiger charge is -2.03. The van der Waals surface area contributed by atoms with Crippen molar-refractivity contribution < 1.29 is 4.79 Å². The van der Waals surface area contributed by atoms with Crippen molar-refractivity contribution in [3.8, 4) is 11.1 Å². The van der Waals surface area contributed by atoms with E-state index in [1.165, 1.54) is 11.8 Å². The summed E-state index contributed by atoms with van der Waals surface area (Å²) in [5.74, 6) is 0.413. The second-order valence-corrected chi connectivity index (χ2v) is 10.7. The molecule has 5 aromatic rings. The molecule has 0 unspecified atom stereocenters. The van der Waals surface area contributed by atoms with Gasteiger partial charge in [-0.3, -0.25) is 9.79 Å². The first-order valence-electron chi connectivity index (χ1n) is 10.8. The molecule has 172 valence electrons. The van der Waals surface area contributed by atoms with Gasteiger partial charge in [-0.1, -0.05) is 95.6 Å². The van der Waals surface area contributed by atoms with Crippen molar-refractivity contribution in [2.45, 2.75) is 4.34 Å². The number of aliphatic imine (C=N–C) groups is 1. The molecule has 5 rings (SSSR count). The van der Waals surface area contributed by atoms with Crippen LogP contribution in [0.4, 0.5) is 5.69 Å². The lowest BCUT2D eigenvalue weighted by molar-refractivity contribution is 0.102. The number of thiazole rings is 1. The van der Waals surface area contributed by atoms with Crippen LogP contribution in [-0.4, -0.2) is 22.7 Å². The topological polar surface area (TPSA) is 42.3 Å². The fourth-order valence-electron chi connectivity index (χ4n) is 3.50. The number of benzene rings is 4. The third-order valence-electron chi connectivity index (χ3n) is 5.34. The van der Waals surface area contributed by atoms with Gasteiger partial charge >= 0.3 is 0 Å². The zero-order chi connectivity index (χ0) is 24.2. The van der Waals surface area contributed by atoms with E-state index in [0.717, 1.165) is 31.4 Å². The summed E-state index contributed by atoms with van der Waals surface area (Å²) in [6.07, 6.45) is 1.67. The first-order chi connectivity index (χ1) is 17.1. The molecule has 0 N–H and O–H groups in total. The molecule has 1 heterocycles. The molecule has 0 saturated carbocycles. The minimum Gasteiger partial charge on any atom is -0.293 e. The smallest absolute Gasteiger partial charge is 0.173 e. The predicted octanol–water partition coefficient (Wildman–Crippen LogP) is 9.00. The molecule has 1 aromatic heterocycles. The first-order valence-corrected chi connectivity index (χ1v) is 13.3. The van der Waals surface area contributed by atoms with Crippen LogP contribution in [-0.2, 0) is 0 Å². The first kappa shape index (κ1) is 23.8. The Morgan fingerprint density at radius 2 is 1.60 bits per heavy atom. The number of fused-ring (bicyclic) bond motifs is 1. The van der Waals surface area contributed by atoms with E-state index in [4.69, 9.17) is 23.2 Å². The molecule has 4 aromatic carbocycles. The molecule has 0 aliphatic carbocycles. The molecule has 0 radical (unpaired) electrons. The largest absolute Gasteiger partial charge is 0.293 e. The van der Waals surface area contributed by atoms with E-state index < -0.39 is 0 Å². The van der Waals surface area contributed by atoms with Crippen molar-refractivity contribution in [2.75, 3.05) is 5.75 Å². The number of hydrogen-bond donors (Lipinski definition) is 0. The molecule has 3 nitrogen and oxygen atoms in total. The summed E-state index contributed by atoms with van der Waals surface area (Å²) in [5, 5.41) is 1.11. The summed E-state index contributed by atoms with van der Waals surface area (Å²) in [6.45, 7) is 0. The maximum atomic E-state index is 12.7. The normalized spacial score (nSPS) is 11.4. The van der Waals surface area contributed by atoms with Crippen molar-refractivity contribution in [1.29, 1.82) is 0 Å². The van der Waals surface area contributed by atoms with Gasteiger partial charge in [0.05, 0.1) is 31.7 Å². The lowest BCUT2D eigenvalue weighted by Crippen LogP contribution is -2.01. The Balaban J connectivity index is 1.25. The summed E-state index contributed by atoms with van der Waals surface area (Å²) in [6, 6.07) is 29.0. The van der Waals surface area contributed by atoms with Crippen LogP contribution >= 0.6 is 46.3 Å². The van der Waals surface area contributed by atoms with E-state index >= 15 is 0 Å². The quantitative estimate of drug-likeness (QED) is 0.119. The Morgan fingerprint density at radius 3 is 2.34 bits per heavy atom. The number of rotatable bonds is 7. The van der Waals surface area contributed by atoms with E-state index in [2.05, 4.69) is 22.1 Å². The van der Waals surface area contributed by atoms with Crippen LogP contribution in [0, 0.1) is 0 Å². The second-order valence-electron chi connectivity index (χ2n) is 7.68. The number of aromatic nitrogens is 1. The number of hydrogen-bond acceptors (Lipinski definition) is 5. The summed E-state index contributed by atoms with van der Waals surface area (Å²) in [4.78, 5) is 21.9. The molecular formula is C28H18Cl2N2OS2. The Morgan fingerprint density at radius 1 is 0.886 bits per heavy atom. The zero-order valence-corrected chi connectivity index (χ0v) is 21.5. The van der Waals surface area contributed by atoms with Crippen LogP contribution in [0.1, 0.15) is 15.9 Å². The highest BCUT2D eigenvalue weighted by atomic mass is 35.5. The van der Waals surface area contributed by atoms with Gasteiger partial charge in [-0.15, -0.1) is 11.3 Å². The zero-order valence-electron chi connectivity index (χ0n) is 18.3. The van der Waals surface area contributed by atoms with Gasteiger partial charge in [0.25, 0.3) is 0 Å². The van der Waals surface area contributed by atoms with E-state index in [-0.39, 0.29) is 5.78 Å². The van der Waals surface area contributed by atoms with Crippen LogP contribution in [0.5, 0.6) is 0 Å². The molecule has 0 amide bonds. The van der Waals surface area contributed by atoms with Crippen molar-refractivity contribution in [3.05, 3.63) is 112 Å². The highest BCUT2D eigenvalue weighted by molar-refractivity contribution is 8.01. The van der Waals surface area contributed by atoms with Gasteiger partial charge < -0.3 is 0 Å². The van der Waals surface area contributed by atoms with Crippen molar-refractivity contribution in [1.82, 2.24) is 4.98 Å². The van der Waals surface area contributed by atoms with Crippen molar-refractivity contribution in [2.24, 2.45) is 4.99 Å². The van der Waals surface area contributed by atoms with Crippen molar-refractivity contribution >= 4 is 74.2 Å². The van der Waals surface area contributed by atoms with Crippen LogP contribution in [0.2, 0.25) is 10.0 Å². The van der Waals surface area contributed by atoms with Crippen LogP contribution < -0.4 is 0 Å². The summed E-state index contributed by atoms with van der Waals surface area (Å²) in [5.41, 5.74) is 5.28. The number of carbonyl (C=O) groups excluding carboxylic acids is 1. The van der Waals surface area contributed by atoms with Crippen molar-refractivity contribution in [3.63, 3.8) is 0 Å². The molecule has 0 spiro atoms. The monoisotopic (exact) mass is 532 g/mol. The van der Waals surface area contributed by atoms with Gasteiger partial charge in [0, 0.05) is 17.3 Å². The van der Waals surface area contributed by atoms with Crippen LogP contribution in [0.15, 0.2) is 100 Å². The van der Waals surface area contributed by atoms with E-state index in [0.29, 0.717) is 26.9 Å². The molecule has 0 aliphatic heterocycles. The van der Waals surface area contributed by atoms with Gasteiger partial charge in [-0.05, 0) is 41.5 Å². The number of nitrogens with zero attached hydrogens (tertiary/aromatic N) is 2. The van der Waals surface area contributed by atoms with Gasteiger partial charge in [0.2, 0.25) is 0 Å². The summed E-state index contributed by atoms with van der Waals surface area (Å²) in [7, 11) is 0. The van der Waals surface area contributed by atoms with E-state index in [1.54, 1.807) is 35.8 Å². The Labute approximate surface area is 221 Å². The second kappa shape index (κ2) is 10.8. The van der Waals surface area contributed by atoms with Gasteiger partial charge in [-0.25, -0.2) is 4.98 Å². The van der Waals surface area contributed by atoms with E-state index in [9.17, 15) is 4.79 Å². The van der Waals surface area contributed by atoms with E-state index in [1.807, 2.05) is 60.7 Å². The lowest BCUT2D eigenvalue weighted by atomic mass is 10.0. The highest BCUT2D eigenvalue weighted by Gasteiger charge is 2.11. The minimum atomic E-state index is 0.0794. The highest BCUT2D eigenvalue weighted by Crippen LogP contribution is 2.33. The number of ketones is 1. The average Bonchev–Trinajstić information content (AvgIpc) is 3.30. The third-order valence-corrected chi connectivity index (χ3v) is 8.16. The standard InChI is InChI=1S/C28H18Cl2N2OS2/c29-23-7-4-8-24(30)22(23)16-31-21-13-14-25-27(15-21)35-28(32-25)34-17-26(33)20-11-9-19(10-12-20)18-5-2-1-3-6-18/h1-16H,17H2. The fraction of sp³-hybridized carbons (Fsp3) is 0.0357.